The molecule has 0 saturated carbocycles. The van der Waals surface area contributed by atoms with Crippen molar-refractivity contribution in [2.24, 2.45) is 5.92 Å². The summed E-state index contributed by atoms with van der Waals surface area (Å²) in [4.78, 5) is 22.6. The molecule has 0 aromatic carbocycles. The van der Waals surface area contributed by atoms with E-state index < -0.39 is 18.1 Å². The first-order valence-electron chi connectivity index (χ1n) is 6.74. The SMILES string of the molecule is CC[C@@H]1CC([C@@H](NC(=O)OC)C(=O)O)C[C@H](CC)O1. The largest absolute Gasteiger partial charge is 0.480 e. The van der Waals surface area contributed by atoms with Gasteiger partial charge in [0.05, 0.1) is 19.3 Å². The molecule has 0 bridgehead atoms. The number of carbonyl (C=O) groups excluding carboxylic acids is 1. The molecule has 110 valence electrons. The normalized spacial score (nSPS) is 28.5. The van der Waals surface area contributed by atoms with Crippen molar-refractivity contribution in [3.63, 3.8) is 0 Å². The van der Waals surface area contributed by atoms with Gasteiger partial charge in [0, 0.05) is 0 Å². The Hall–Kier alpha value is -1.30. The van der Waals surface area contributed by atoms with Crippen LogP contribution in [-0.4, -0.2) is 42.5 Å². The van der Waals surface area contributed by atoms with Crippen molar-refractivity contribution in [1.29, 1.82) is 0 Å². The standard InChI is InChI=1S/C13H23NO5/c1-4-9-6-8(7-10(5-2)19-9)11(12(15)16)14-13(17)18-3/h8-11H,4-7H2,1-3H3,(H,14,17)(H,15,16)/t8?,9-,10+,11-/m1/s1. The Labute approximate surface area is 113 Å². The second-order valence-electron chi connectivity index (χ2n) is 4.88. The van der Waals surface area contributed by atoms with E-state index in [-0.39, 0.29) is 18.1 Å². The highest BCUT2D eigenvalue weighted by Gasteiger charge is 2.37. The highest BCUT2D eigenvalue weighted by Crippen LogP contribution is 2.30. The molecule has 6 heteroatoms. The lowest BCUT2D eigenvalue weighted by Crippen LogP contribution is -2.50. The van der Waals surface area contributed by atoms with Gasteiger partial charge in [0.1, 0.15) is 6.04 Å². The molecule has 0 radical (unpaired) electrons. The van der Waals surface area contributed by atoms with Gasteiger partial charge >= 0.3 is 12.1 Å². The fourth-order valence-electron chi connectivity index (χ4n) is 2.52. The molecule has 1 fully saturated rings. The van der Waals surface area contributed by atoms with E-state index in [1.165, 1.54) is 7.11 Å². The second kappa shape index (κ2) is 7.33. The highest BCUT2D eigenvalue weighted by atomic mass is 16.5. The third kappa shape index (κ3) is 4.38. The van der Waals surface area contributed by atoms with Crippen molar-refractivity contribution in [1.82, 2.24) is 5.32 Å². The summed E-state index contributed by atoms with van der Waals surface area (Å²) in [5.74, 6) is -1.15. The van der Waals surface area contributed by atoms with Crippen LogP contribution in [0.15, 0.2) is 0 Å². The summed E-state index contributed by atoms with van der Waals surface area (Å²) in [6, 6.07) is -0.917. The van der Waals surface area contributed by atoms with E-state index in [2.05, 4.69) is 10.1 Å². The molecule has 0 aliphatic carbocycles. The number of carbonyl (C=O) groups is 2. The van der Waals surface area contributed by atoms with Crippen LogP contribution in [0, 0.1) is 5.92 Å². The number of nitrogens with one attached hydrogen (secondary N) is 1. The van der Waals surface area contributed by atoms with Gasteiger partial charge in [-0.15, -0.1) is 0 Å². The van der Waals surface area contributed by atoms with Crippen LogP contribution in [0.25, 0.3) is 0 Å². The van der Waals surface area contributed by atoms with E-state index in [4.69, 9.17) is 4.74 Å². The molecule has 0 aromatic rings. The number of carboxylic acids is 1. The maximum Gasteiger partial charge on any atom is 0.407 e. The molecule has 1 amide bonds. The predicted octanol–water partition coefficient (Wildman–Crippen LogP) is 1.78. The molecule has 1 saturated heterocycles. The van der Waals surface area contributed by atoms with Gasteiger partial charge in [-0.05, 0) is 31.6 Å². The number of hydrogen-bond donors (Lipinski definition) is 2. The number of amides is 1. The first kappa shape index (κ1) is 15.8. The van der Waals surface area contributed by atoms with Crippen LogP contribution >= 0.6 is 0 Å². The number of ether oxygens (including phenoxy) is 2. The first-order valence-corrected chi connectivity index (χ1v) is 6.74. The quantitative estimate of drug-likeness (QED) is 0.797. The molecule has 0 aromatic heterocycles. The summed E-state index contributed by atoms with van der Waals surface area (Å²) < 4.78 is 10.3. The molecule has 0 spiro atoms. The molecule has 1 heterocycles. The van der Waals surface area contributed by atoms with Gasteiger partial charge in [-0.1, -0.05) is 13.8 Å². The molecule has 1 aliphatic rings. The lowest BCUT2D eigenvalue weighted by atomic mass is 9.84. The summed E-state index contributed by atoms with van der Waals surface area (Å²) in [5, 5.41) is 11.7. The summed E-state index contributed by atoms with van der Waals surface area (Å²) in [5.41, 5.74) is 0. The smallest absolute Gasteiger partial charge is 0.407 e. The Balaban J connectivity index is 2.76. The van der Waals surface area contributed by atoms with Gasteiger partial charge in [0.2, 0.25) is 0 Å². The fraction of sp³-hybridized carbons (Fsp3) is 0.846. The minimum absolute atomic E-state index is 0.0602. The average molecular weight is 273 g/mol. The third-order valence-electron chi connectivity index (χ3n) is 3.62. The van der Waals surface area contributed by atoms with E-state index in [9.17, 15) is 14.7 Å². The molecule has 6 nitrogen and oxygen atoms in total. The highest BCUT2D eigenvalue weighted by molar-refractivity contribution is 5.80. The van der Waals surface area contributed by atoms with E-state index in [1.807, 2.05) is 13.8 Å². The number of alkyl carbamates (subject to hydrolysis) is 1. The number of methoxy groups -OCH3 is 1. The molecule has 19 heavy (non-hydrogen) atoms. The van der Waals surface area contributed by atoms with E-state index in [0.29, 0.717) is 12.8 Å². The number of rotatable bonds is 5. The van der Waals surface area contributed by atoms with E-state index in [1.54, 1.807) is 0 Å². The number of carboxylic acid groups (broad SMARTS) is 1. The Morgan fingerprint density at radius 2 is 1.84 bits per heavy atom. The molecule has 4 atom stereocenters. The van der Waals surface area contributed by atoms with Crippen molar-refractivity contribution in [3.8, 4) is 0 Å². The lowest BCUT2D eigenvalue weighted by Gasteiger charge is -2.37. The zero-order valence-electron chi connectivity index (χ0n) is 11.7. The lowest BCUT2D eigenvalue weighted by molar-refractivity contribution is -0.144. The Morgan fingerprint density at radius 3 is 2.21 bits per heavy atom. The van der Waals surface area contributed by atoms with Crippen LogP contribution in [-0.2, 0) is 14.3 Å². The molecular formula is C13H23NO5. The Kier molecular flexibility index (Phi) is 6.08. The zero-order valence-corrected chi connectivity index (χ0v) is 11.7. The molecule has 1 unspecified atom stereocenters. The van der Waals surface area contributed by atoms with Crippen LogP contribution in [0.4, 0.5) is 4.79 Å². The molecule has 1 rings (SSSR count). The average Bonchev–Trinajstić information content (AvgIpc) is 2.43. The molecule has 1 aliphatic heterocycles. The maximum absolute atomic E-state index is 11.3. The minimum Gasteiger partial charge on any atom is -0.480 e. The van der Waals surface area contributed by atoms with Crippen LogP contribution in [0.3, 0.4) is 0 Å². The van der Waals surface area contributed by atoms with Gasteiger partial charge < -0.3 is 19.9 Å². The number of aliphatic carboxylic acids is 1. The monoisotopic (exact) mass is 273 g/mol. The number of hydrogen-bond acceptors (Lipinski definition) is 4. The van der Waals surface area contributed by atoms with Crippen molar-refractivity contribution in [2.75, 3.05) is 7.11 Å². The van der Waals surface area contributed by atoms with Crippen LogP contribution in [0.5, 0.6) is 0 Å². The van der Waals surface area contributed by atoms with Crippen molar-refractivity contribution < 1.29 is 24.2 Å². The van der Waals surface area contributed by atoms with Crippen molar-refractivity contribution in [2.45, 2.75) is 57.8 Å². The van der Waals surface area contributed by atoms with Crippen LogP contribution in [0.1, 0.15) is 39.5 Å². The van der Waals surface area contributed by atoms with Crippen molar-refractivity contribution >= 4 is 12.1 Å². The van der Waals surface area contributed by atoms with Crippen molar-refractivity contribution in [3.05, 3.63) is 0 Å². The topological polar surface area (TPSA) is 84.9 Å². The van der Waals surface area contributed by atoms with Gasteiger partial charge in [-0.3, -0.25) is 0 Å². The summed E-state index contributed by atoms with van der Waals surface area (Å²) >= 11 is 0. The molecule has 2 N–H and O–H groups in total. The van der Waals surface area contributed by atoms with Crippen LogP contribution in [0.2, 0.25) is 0 Å². The first-order chi connectivity index (χ1) is 9.01. The summed E-state index contributed by atoms with van der Waals surface area (Å²) in [7, 11) is 1.22. The fourth-order valence-corrected chi connectivity index (χ4v) is 2.52. The van der Waals surface area contributed by atoms with Gasteiger partial charge in [-0.25, -0.2) is 9.59 Å². The van der Waals surface area contributed by atoms with Crippen LogP contribution < -0.4 is 5.32 Å². The minimum atomic E-state index is -1.03. The van der Waals surface area contributed by atoms with Gasteiger partial charge in [0.25, 0.3) is 0 Å². The molecular weight excluding hydrogens is 250 g/mol. The van der Waals surface area contributed by atoms with E-state index in [0.717, 1.165) is 12.8 Å². The predicted molar refractivity (Wildman–Crippen MR) is 68.9 cm³/mol. The van der Waals surface area contributed by atoms with Gasteiger partial charge in [-0.2, -0.15) is 0 Å². The summed E-state index contributed by atoms with van der Waals surface area (Å²) in [6.45, 7) is 4.03. The summed E-state index contributed by atoms with van der Waals surface area (Å²) in [6.07, 6.45) is 2.40. The zero-order chi connectivity index (χ0) is 14.4. The Bertz CT molecular complexity index is 308. The third-order valence-corrected chi connectivity index (χ3v) is 3.62. The maximum atomic E-state index is 11.3. The van der Waals surface area contributed by atoms with E-state index >= 15 is 0 Å². The Morgan fingerprint density at radius 1 is 1.32 bits per heavy atom. The second-order valence-corrected chi connectivity index (χ2v) is 4.88. The van der Waals surface area contributed by atoms with Gasteiger partial charge in [0.15, 0.2) is 0 Å².